The number of nitrogens with one attached hydrogen (secondary N) is 1. The third kappa shape index (κ3) is 3.75. The van der Waals surface area contributed by atoms with E-state index in [4.69, 9.17) is 0 Å². The summed E-state index contributed by atoms with van der Waals surface area (Å²) >= 11 is 2.80. The molecule has 0 fully saturated rings. The molecule has 24 heavy (non-hydrogen) atoms. The summed E-state index contributed by atoms with van der Waals surface area (Å²) in [5.74, 6) is 0.0742. The lowest BCUT2D eigenvalue weighted by atomic mass is 10.0. The minimum absolute atomic E-state index is 0.145. The van der Waals surface area contributed by atoms with Crippen LogP contribution in [0.1, 0.15) is 21.7 Å². The number of likely N-dealkylation sites (N-methyl/N-ethyl adjacent to an activating group) is 1. The van der Waals surface area contributed by atoms with E-state index in [9.17, 15) is 10.1 Å². The summed E-state index contributed by atoms with van der Waals surface area (Å²) in [6, 6.07) is 4.07. The summed E-state index contributed by atoms with van der Waals surface area (Å²) in [5.41, 5.74) is 2.58. The summed E-state index contributed by atoms with van der Waals surface area (Å²) in [7, 11) is 2.06. The van der Waals surface area contributed by atoms with Crippen LogP contribution in [-0.2, 0) is 17.8 Å². The van der Waals surface area contributed by atoms with E-state index in [0.29, 0.717) is 15.7 Å². The van der Waals surface area contributed by atoms with Crippen LogP contribution in [0.15, 0.2) is 17.4 Å². The number of aromatic nitrogens is 2. The van der Waals surface area contributed by atoms with Gasteiger partial charge in [-0.25, -0.2) is 9.97 Å². The number of nitrogens with zero attached hydrogens (tertiary/aromatic N) is 4. The first-order valence-electron chi connectivity index (χ1n) is 7.52. The van der Waals surface area contributed by atoms with Crippen molar-refractivity contribution in [2.24, 2.45) is 0 Å². The summed E-state index contributed by atoms with van der Waals surface area (Å²) in [4.78, 5) is 24.0. The zero-order valence-electron chi connectivity index (χ0n) is 13.5. The number of thiophene rings is 1. The van der Waals surface area contributed by atoms with E-state index < -0.39 is 0 Å². The summed E-state index contributed by atoms with van der Waals surface area (Å²) in [6.07, 6.45) is 2.53. The minimum Gasteiger partial charge on any atom is -0.316 e. The number of hydrogen-bond acceptors (Lipinski definition) is 7. The quantitative estimate of drug-likeness (QED) is 0.667. The zero-order chi connectivity index (χ0) is 17.1. The molecule has 1 aliphatic rings. The predicted molar refractivity (Wildman–Crippen MR) is 95.2 cm³/mol. The van der Waals surface area contributed by atoms with Crippen LogP contribution in [0.5, 0.6) is 0 Å². The minimum atomic E-state index is -0.145. The number of amides is 1. The third-order valence-electron chi connectivity index (χ3n) is 3.72. The van der Waals surface area contributed by atoms with E-state index in [2.05, 4.69) is 33.3 Å². The van der Waals surface area contributed by atoms with Gasteiger partial charge in [0.15, 0.2) is 5.16 Å². The molecule has 3 rings (SSSR count). The predicted octanol–water partition coefficient (Wildman–Crippen LogP) is 2.44. The van der Waals surface area contributed by atoms with Gasteiger partial charge >= 0.3 is 0 Å². The van der Waals surface area contributed by atoms with Crippen LogP contribution in [0.2, 0.25) is 0 Å². The van der Waals surface area contributed by atoms with Crippen molar-refractivity contribution in [1.82, 2.24) is 14.9 Å². The van der Waals surface area contributed by atoms with Crippen molar-refractivity contribution >= 4 is 34.0 Å². The van der Waals surface area contributed by atoms with Gasteiger partial charge in [-0.2, -0.15) is 5.26 Å². The van der Waals surface area contributed by atoms with Crippen LogP contribution >= 0.6 is 23.1 Å². The fourth-order valence-electron chi connectivity index (χ4n) is 2.53. The Hall–Kier alpha value is -1.95. The van der Waals surface area contributed by atoms with Gasteiger partial charge in [0.05, 0.1) is 11.3 Å². The van der Waals surface area contributed by atoms with Crippen LogP contribution in [-0.4, -0.2) is 40.1 Å². The number of anilines is 1. The van der Waals surface area contributed by atoms with Gasteiger partial charge in [0.25, 0.3) is 0 Å². The fourth-order valence-corrected chi connectivity index (χ4v) is 4.50. The van der Waals surface area contributed by atoms with E-state index in [1.54, 1.807) is 6.20 Å². The normalized spacial score (nSPS) is 14.0. The van der Waals surface area contributed by atoms with Gasteiger partial charge in [-0.05, 0) is 32.0 Å². The maximum Gasteiger partial charge on any atom is 0.235 e. The van der Waals surface area contributed by atoms with E-state index in [1.165, 1.54) is 28.0 Å². The molecule has 0 atom stereocenters. The molecule has 0 unspecified atom stereocenters. The van der Waals surface area contributed by atoms with Crippen LogP contribution < -0.4 is 5.32 Å². The van der Waals surface area contributed by atoms with Crippen LogP contribution in [0.4, 0.5) is 5.00 Å². The zero-order valence-corrected chi connectivity index (χ0v) is 15.1. The molecule has 0 spiro atoms. The van der Waals surface area contributed by atoms with Crippen molar-refractivity contribution in [3.63, 3.8) is 0 Å². The third-order valence-corrected chi connectivity index (χ3v) is 5.71. The second kappa shape index (κ2) is 7.30. The number of carbonyl (C=O) groups excluding carboxylic acids is 1. The Morgan fingerprint density at radius 2 is 2.42 bits per heavy atom. The topological polar surface area (TPSA) is 81.9 Å². The molecule has 124 valence electrons. The van der Waals surface area contributed by atoms with Crippen molar-refractivity contribution in [2.75, 3.05) is 24.7 Å². The molecule has 1 amide bonds. The highest BCUT2D eigenvalue weighted by molar-refractivity contribution is 7.99. The number of carbonyl (C=O) groups is 1. The largest absolute Gasteiger partial charge is 0.316 e. The fraction of sp³-hybridized carbons (Fsp3) is 0.375. The standard InChI is InChI=1S/C16H17N5OS2/c1-10-3-5-18-16(19-10)23-9-14(22)20-15-12(7-17)11-4-6-21(2)8-13(11)24-15/h3,5H,4,6,8-9H2,1-2H3,(H,20,22). The lowest BCUT2D eigenvalue weighted by Crippen LogP contribution is -2.25. The van der Waals surface area contributed by atoms with E-state index >= 15 is 0 Å². The molecule has 6 nitrogen and oxygen atoms in total. The molecule has 3 heterocycles. The second-order valence-corrected chi connectivity index (χ2v) is 7.67. The second-order valence-electron chi connectivity index (χ2n) is 5.62. The van der Waals surface area contributed by atoms with Gasteiger partial charge < -0.3 is 10.2 Å². The van der Waals surface area contributed by atoms with Crippen molar-refractivity contribution in [1.29, 1.82) is 5.26 Å². The number of hydrogen-bond donors (Lipinski definition) is 1. The maximum atomic E-state index is 12.2. The Morgan fingerprint density at radius 3 is 3.17 bits per heavy atom. The number of nitriles is 1. The number of aryl methyl sites for hydroxylation is 1. The molecule has 0 saturated carbocycles. The Kier molecular flexibility index (Phi) is 5.14. The van der Waals surface area contributed by atoms with Gasteiger partial charge in [0.2, 0.25) is 5.91 Å². The number of fused-ring (bicyclic) bond motifs is 1. The molecular weight excluding hydrogens is 342 g/mol. The SMILES string of the molecule is Cc1ccnc(SCC(=O)Nc2sc3c(c2C#N)CCN(C)C3)n1. The van der Waals surface area contributed by atoms with E-state index in [1.807, 2.05) is 13.0 Å². The maximum absolute atomic E-state index is 12.2. The van der Waals surface area contributed by atoms with Crippen molar-refractivity contribution in [3.8, 4) is 6.07 Å². The highest BCUT2D eigenvalue weighted by atomic mass is 32.2. The molecule has 1 N–H and O–H groups in total. The molecule has 2 aromatic rings. The van der Waals surface area contributed by atoms with E-state index in [-0.39, 0.29) is 11.7 Å². The lowest BCUT2D eigenvalue weighted by molar-refractivity contribution is -0.113. The first-order chi connectivity index (χ1) is 11.6. The van der Waals surface area contributed by atoms with Crippen molar-refractivity contribution in [2.45, 2.75) is 25.0 Å². The molecule has 0 aliphatic carbocycles. The first-order valence-corrected chi connectivity index (χ1v) is 9.32. The van der Waals surface area contributed by atoms with Gasteiger partial charge in [-0.15, -0.1) is 11.3 Å². The molecule has 0 saturated heterocycles. The Balaban J connectivity index is 1.67. The average molecular weight is 359 g/mol. The average Bonchev–Trinajstić information content (AvgIpc) is 2.89. The van der Waals surface area contributed by atoms with Crippen LogP contribution in [0, 0.1) is 18.3 Å². The van der Waals surface area contributed by atoms with E-state index in [0.717, 1.165) is 30.8 Å². The molecule has 1 aliphatic heterocycles. The molecular formula is C16H17N5OS2. The van der Waals surface area contributed by atoms with Crippen molar-refractivity contribution in [3.05, 3.63) is 34.0 Å². The van der Waals surface area contributed by atoms with Gasteiger partial charge in [-0.1, -0.05) is 11.8 Å². The highest BCUT2D eigenvalue weighted by Crippen LogP contribution is 2.36. The monoisotopic (exact) mass is 359 g/mol. The van der Waals surface area contributed by atoms with Crippen LogP contribution in [0.3, 0.4) is 0 Å². The van der Waals surface area contributed by atoms with Gasteiger partial charge in [0, 0.05) is 29.9 Å². The first kappa shape index (κ1) is 16.9. The van der Waals surface area contributed by atoms with Gasteiger partial charge in [-0.3, -0.25) is 4.79 Å². The molecule has 0 bridgehead atoms. The number of rotatable bonds is 4. The Labute approximate surface area is 148 Å². The van der Waals surface area contributed by atoms with Gasteiger partial charge in [0.1, 0.15) is 11.1 Å². The molecule has 2 aromatic heterocycles. The summed E-state index contributed by atoms with van der Waals surface area (Å²) in [5, 5.41) is 13.6. The Morgan fingerprint density at radius 1 is 1.58 bits per heavy atom. The number of thioether (sulfide) groups is 1. The molecule has 0 radical (unpaired) electrons. The van der Waals surface area contributed by atoms with Crippen molar-refractivity contribution < 1.29 is 4.79 Å². The Bertz CT molecular complexity index is 811. The molecule has 0 aromatic carbocycles. The highest BCUT2D eigenvalue weighted by Gasteiger charge is 2.23. The lowest BCUT2D eigenvalue weighted by Gasteiger charge is -2.21. The summed E-state index contributed by atoms with van der Waals surface area (Å²) < 4.78 is 0. The van der Waals surface area contributed by atoms with Crippen LogP contribution in [0.25, 0.3) is 0 Å². The summed E-state index contributed by atoms with van der Waals surface area (Å²) in [6.45, 7) is 3.65. The smallest absolute Gasteiger partial charge is 0.235 e. The molecule has 8 heteroatoms.